The van der Waals surface area contributed by atoms with Gasteiger partial charge in [0.1, 0.15) is 0 Å². The number of likely N-dealkylation sites (N-methyl/N-ethyl adjacent to an activating group) is 1. The molecule has 1 saturated heterocycles. The molecule has 0 bridgehead atoms. The SMILES string of the molecule is C=C/C=C1\N(CC)C2=CCCC=C2NC12CCC(C)CC2. The first kappa shape index (κ1) is 14.5. The lowest BCUT2D eigenvalue weighted by molar-refractivity contribution is 0.184. The maximum Gasteiger partial charge on any atom is 0.0776 e. The van der Waals surface area contributed by atoms with E-state index in [2.05, 4.69) is 48.9 Å². The second kappa shape index (κ2) is 5.75. The summed E-state index contributed by atoms with van der Waals surface area (Å²) in [5.74, 6) is 0.856. The fourth-order valence-electron chi connectivity index (χ4n) is 4.08. The summed E-state index contributed by atoms with van der Waals surface area (Å²) >= 11 is 0. The fourth-order valence-corrected chi connectivity index (χ4v) is 4.08. The Labute approximate surface area is 129 Å². The Bertz CT molecular complexity index is 502. The van der Waals surface area contributed by atoms with E-state index in [4.69, 9.17) is 0 Å². The molecule has 3 rings (SSSR count). The normalized spacial score (nSPS) is 34.1. The highest BCUT2D eigenvalue weighted by molar-refractivity contribution is 5.44. The number of piperazine rings is 1. The third kappa shape index (κ3) is 2.45. The van der Waals surface area contributed by atoms with E-state index < -0.39 is 0 Å². The van der Waals surface area contributed by atoms with Crippen LogP contribution in [-0.4, -0.2) is 17.0 Å². The number of hydrogen-bond acceptors (Lipinski definition) is 2. The van der Waals surface area contributed by atoms with Crippen LogP contribution in [0.4, 0.5) is 0 Å². The van der Waals surface area contributed by atoms with Gasteiger partial charge in [0.25, 0.3) is 0 Å². The van der Waals surface area contributed by atoms with Gasteiger partial charge in [-0.25, -0.2) is 0 Å². The number of nitrogens with one attached hydrogen (secondary N) is 1. The highest BCUT2D eigenvalue weighted by atomic mass is 15.3. The van der Waals surface area contributed by atoms with Gasteiger partial charge in [-0.1, -0.05) is 31.7 Å². The predicted octanol–water partition coefficient (Wildman–Crippen LogP) is 4.49. The van der Waals surface area contributed by atoms with E-state index in [0.29, 0.717) is 0 Å². The molecule has 1 saturated carbocycles. The molecule has 114 valence electrons. The van der Waals surface area contributed by atoms with Gasteiger partial charge in [0, 0.05) is 12.2 Å². The second-order valence-electron chi connectivity index (χ2n) is 6.71. The standard InChI is InChI=1S/C19H28N2/c1-4-8-18-19(13-11-15(3)12-14-19)20-16-9-6-7-10-17(16)21(18)5-2/h4,8-10,15,20H,1,5-7,11-14H2,2-3H3/b18-8-. The van der Waals surface area contributed by atoms with Crippen molar-refractivity contribution < 1.29 is 0 Å². The van der Waals surface area contributed by atoms with E-state index in [1.807, 2.05) is 6.08 Å². The first-order chi connectivity index (χ1) is 10.2. The zero-order valence-electron chi connectivity index (χ0n) is 13.5. The molecule has 1 spiro atoms. The number of nitrogens with zero attached hydrogens (tertiary/aromatic N) is 1. The van der Waals surface area contributed by atoms with Gasteiger partial charge >= 0.3 is 0 Å². The molecule has 0 radical (unpaired) electrons. The maximum atomic E-state index is 3.96. The van der Waals surface area contributed by atoms with Crippen molar-refractivity contribution in [3.63, 3.8) is 0 Å². The quantitative estimate of drug-likeness (QED) is 0.803. The number of hydrogen-bond donors (Lipinski definition) is 1. The summed E-state index contributed by atoms with van der Waals surface area (Å²) in [7, 11) is 0. The average Bonchev–Trinajstić information content (AvgIpc) is 2.51. The van der Waals surface area contributed by atoms with Gasteiger partial charge in [-0.05, 0) is 57.4 Å². The highest BCUT2D eigenvalue weighted by Gasteiger charge is 2.44. The van der Waals surface area contributed by atoms with Gasteiger partial charge in [0.15, 0.2) is 0 Å². The molecule has 2 nitrogen and oxygen atoms in total. The Balaban J connectivity index is 2.02. The van der Waals surface area contributed by atoms with Gasteiger partial charge in [-0.15, -0.1) is 0 Å². The molecule has 2 aliphatic carbocycles. The van der Waals surface area contributed by atoms with E-state index in [0.717, 1.165) is 25.3 Å². The molecule has 2 fully saturated rings. The Kier molecular flexibility index (Phi) is 3.97. The summed E-state index contributed by atoms with van der Waals surface area (Å²) in [5, 5.41) is 3.93. The van der Waals surface area contributed by atoms with Crippen molar-refractivity contribution in [3.05, 3.63) is 48.0 Å². The number of rotatable bonds is 2. The molecule has 3 aliphatic rings. The molecule has 0 aromatic heterocycles. The van der Waals surface area contributed by atoms with Crippen molar-refractivity contribution in [2.24, 2.45) is 5.92 Å². The van der Waals surface area contributed by atoms with Gasteiger partial charge < -0.3 is 10.2 Å². The smallest absolute Gasteiger partial charge is 0.0776 e. The second-order valence-corrected chi connectivity index (χ2v) is 6.71. The van der Waals surface area contributed by atoms with E-state index in [9.17, 15) is 0 Å². The van der Waals surface area contributed by atoms with E-state index in [-0.39, 0.29) is 5.54 Å². The molecular weight excluding hydrogens is 256 g/mol. The van der Waals surface area contributed by atoms with Crippen molar-refractivity contribution in [2.75, 3.05) is 6.54 Å². The molecule has 0 amide bonds. The van der Waals surface area contributed by atoms with Crippen LogP contribution in [0.5, 0.6) is 0 Å². The van der Waals surface area contributed by atoms with E-state index in [1.54, 1.807) is 0 Å². The first-order valence-corrected chi connectivity index (χ1v) is 8.50. The van der Waals surface area contributed by atoms with Crippen LogP contribution in [0.2, 0.25) is 0 Å². The zero-order chi connectivity index (χ0) is 14.9. The van der Waals surface area contributed by atoms with Crippen molar-refractivity contribution in [1.29, 1.82) is 0 Å². The number of fused-ring (bicyclic) bond motifs is 1. The molecule has 21 heavy (non-hydrogen) atoms. The minimum Gasteiger partial charge on any atom is -0.373 e. The molecule has 1 heterocycles. The Morgan fingerprint density at radius 1 is 1.33 bits per heavy atom. The molecule has 1 N–H and O–H groups in total. The summed E-state index contributed by atoms with van der Waals surface area (Å²) in [5.41, 5.74) is 4.29. The van der Waals surface area contributed by atoms with Crippen LogP contribution in [-0.2, 0) is 0 Å². The van der Waals surface area contributed by atoms with Crippen LogP contribution in [0.25, 0.3) is 0 Å². The van der Waals surface area contributed by atoms with Gasteiger partial charge in [0.2, 0.25) is 0 Å². The average molecular weight is 284 g/mol. The van der Waals surface area contributed by atoms with Crippen LogP contribution < -0.4 is 5.32 Å². The highest BCUT2D eigenvalue weighted by Crippen LogP contribution is 2.44. The predicted molar refractivity (Wildman–Crippen MR) is 89.6 cm³/mol. The van der Waals surface area contributed by atoms with Crippen LogP contribution in [0.15, 0.2) is 48.0 Å². The summed E-state index contributed by atoms with van der Waals surface area (Å²) in [6.45, 7) is 9.63. The lowest BCUT2D eigenvalue weighted by Gasteiger charge is -2.52. The molecule has 2 heteroatoms. The van der Waals surface area contributed by atoms with Crippen molar-refractivity contribution in [1.82, 2.24) is 10.2 Å². The summed E-state index contributed by atoms with van der Waals surface area (Å²) in [4.78, 5) is 2.51. The summed E-state index contributed by atoms with van der Waals surface area (Å²) in [6, 6.07) is 0. The Morgan fingerprint density at radius 3 is 2.71 bits per heavy atom. The monoisotopic (exact) mass is 284 g/mol. The van der Waals surface area contributed by atoms with Gasteiger partial charge in [-0.3, -0.25) is 0 Å². The van der Waals surface area contributed by atoms with Crippen molar-refractivity contribution in [3.8, 4) is 0 Å². The lowest BCUT2D eigenvalue weighted by atomic mass is 9.72. The van der Waals surface area contributed by atoms with Crippen molar-refractivity contribution in [2.45, 2.75) is 57.9 Å². The number of allylic oxidation sites excluding steroid dienone is 4. The third-order valence-corrected chi connectivity index (χ3v) is 5.29. The largest absolute Gasteiger partial charge is 0.373 e. The summed E-state index contributed by atoms with van der Waals surface area (Å²) < 4.78 is 0. The molecule has 0 aromatic carbocycles. The van der Waals surface area contributed by atoms with Gasteiger partial charge in [-0.2, -0.15) is 0 Å². The van der Waals surface area contributed by atoms with Crippen LogP contribution >= 0.6 is 0 Å². The molecule has 1 aliphatic heterocycles. The Hall–Kier alpha value is -1.44. The topological polar surface area (TPSA) is 15.3 Å². The molecule has 0 unspecified atom stereocenters. The van der Waals surface area contributed by atoms with E-state index >= 15 is 0 Å². The summed E-state index contributed by atoms with van der Waals surface area (Å²) in [6.07, 6.45) is 16.4. The van der Waals surface area contributed by atoms with Crippen LogP contribution in [0.3, 0.4) is 0 Å². The Morgan fingerprint density at radius 2 is 2.05 bits per heavy atom. The minimum absolute atomic E-state index is 0.122. The van der Waals surface area contributed by atoms with Gasteiger partial charge in [0.05, 0.1) is 16.9 Å². The first-order valence-electron chi connectivity index (χ1n) is 8.50. The minimum atomic E-state index is 0.122. The maximum absolute atomic E-state index is 3.96. The van der Waals surface area contributed by atoms with Crippen molar-refractivity contribution >= 4 is 0 Å². The lowest BCUT2D eigenvalue weighted by Crippen LogP contribution is -2.57. The fraction of sp³-hybridized carbons (Fsp3) is 0.579. The van der Waals surface area contributed by atoms with Crippen LogP contribution in [0, 0.1) is 5.92 Å². The molecule has 0 aromatic rings. The zero-order valence-corrected chi connectivity index (χ0v) is 13.5. The van der Waals surface area contributed by atoms with Crippen LogP contribution in [0.1, 0.15) is 52.4 Å². The third-order valence-electron chi connectivity index (χ3n) is 5.29. The molecular formula is C19H28N2. The van der Waals surface area contributed by atoms with E-state index in [1.165, 1.54) is 42.8 Å². The molecule has 0 atom stereocenters.